The van der Waals surface area contributed by atoms with Crippen LogP contribution in [0.4, 0.5) is 0 Å². The summed E-state index contributed by atoms with van der Waals surface area (Å²) in [5.74, 6) is -0.305. The first-order valence-electron chi connectivity index (χ1n) is 10.0. The van der Waals surface area contributed by atoms with E-state index in [9.17, 15) is 14.4 Å². The lowest BCUT2D eigenvalue weighted by atomic mass is 10.1. The quantitative estimate of drug-likeness (QED) is 0.508. The van der Waals surface area contributed by atoms with Crippen LogP contribution in [0.25, 0.3) is 17.0 Å². The van der Waals surface area contributed by atoms with Crippen LogP contribution in [0.15, 0.2) is 82.9 Å². The van der Waals surface area contributed by atoms with E-state index in [1.807, 2.05) is 30.3 Å². The maximum atomic E-state index is 13.1. The van der Waals surface area contributed by atoms with Crippen LogP contribution in [0, 0.1) is 0 Å². The summed E-state index contributed by atoms with van der Waals surface area (Å²) in [7, 11) is 1.61. The summed E-state index contributed by atoms with van der Waals surface area (Å²) in [6.07, 6.45) is 10.2. The normalized spacial score (nSPS) is 11.2. The van der Waals surface area contributed by atoms with Gasteiger partial charge in [-0.1, -0.05) is 12.2 Å². The molecule has 0 unspecified atom stereocenters. The number of hydrogen-bond donors (Lipinski definition) is 1. The van der Waals surface area contributed by atoms with Crippen molar-refractivity contribution in [2.45, 2.75) is 13.1 Å². The first kappa shape index (κ1) is 20.9. The second kappa shape index (κ2) is 9.22. The maximum absolute atomic E-state index is 13.1. The van der Waals surface area contributed by atoms with E-state index in [1.54, 1.807) is 50.0 Å². The average molecular weight is 427 g/mol. The number of nitrogens with zero attached hydrogens (tertiary/aromatic N) is 4. The Kier molecular flexibility index (Phi) is 6.03. The summed E-state index contributed by atoms with van der Waals surface area (Å²) in [6, 6.07) is 12.0. The SMILES string of the molecule is Cn1c(=O)n(C/C=C/c2ccncc2)c(=O)c2cc(C(=O)NCc3ccncc3)ccc21. The van der Waals surface area contributed by atoms with Gasteiger partial charge in [-0.25, -0.2) is 4.79 Å². The maximum Gasteiger partial charge on any atom is 0.331 e. The highest BCUT2D eigenvalue weighted by molar-refractivity contribution is 5.97. The summed E-state index contributed by atoms with van der Waals surface area (Å²) in [5, 5.41) is 3.14. The zero-order valence-corrected chi connectivity index (χ0v) is 17.4. The van der Waals surface area contributed by atoms with Gasteiger partial charge in [0.05, 0.1) is 10.9 Å². The van der Waals surface area contributed by atoms with Crippen LogP contribution in [0.1, 0.15) is 21.5 Å². The highest BCUT2D eigenvalue weighted by Gasteiger charge is 2.13. The minimum Gasteiger partial charge on any atom is -0.348 e. The predicted octanol–water partition coefficient (Wildman–Crippen LogP) is 2.13. The number of carbonyl (C=O) groups excluding carboxylic acids is 1. The van der Waals surface area contributed by atoms with Crippen LogP contribution in [0.2, 0.25) is 0 Å². The van der Waals surface area contributed by atoms with Crippen molar-refractivity contribution < 1.29 is 4.79 Å². The first-order valence-corrected chi connectivity index (χ1v) is 10.0. The highest BCUT2D eigenvalue weighted by Crippen LogP contribution is 2.11. The standard InChI is InChI=1S/C24H21N5O3/c1-28-21-5-4-19(22(30)27-16-18-8-12-26-13-9-18)15-20(21)23(31)29(24(28)32)14-2-3-17-6-10-25-11-7-17/h2-13,15H,14,16H2,1H3,(H,27,30)/b3-2+. The van der Waals surface area contributed by atoms with E-state index in [-0.39, 0.29) is 12.5 Å². The molecule has 1 N–H and O–H groups in total. The number of rotatable bonds is 6. The zero-order valence-electron chi connectivity index (χ0n) is 17.4. The van der Waals surface area contributed by atoms with Gasteiger partial charge >= 0.3 is 5.69 Å². The number of aryl methyl sites for hydroxylation is 1. The van der Waals surface area contributed by atoms with Crippen LogP contribution in [-0.2, 0) is 20.1 Å². The number of hydrogen-bond acceptors (Lipinski definition) is 5. The molecule has 0 fully saturated rings. The third-order valence-corrected chi connectivity index (χ3v) is 5.12. The van der Waals surface area contributed by atoms with E-state index in [2.05, 4.69) is 15.3 Å². The molecule has 8 nitrogen and oxygen atoms in total. The van der Waals surface area contributed by atoms with Gasteiger partial charge in [-0.05, 0) is 53.6 Å². The van der Waals surface area contributed by atoms with Gasteiger partial charge in [0.1, 0.15) is 0 Å². The van der Waals surface area contributed by atoms with Crippen molar-refractivity contribution in [2.24, 2.45) is 7.05 Å². The Hall–Kier alpha value is -4.33. The number of carbonyl (C=O) groups is 1. The lowest BCUT2D eigenvalue weighted by molar-refractivity contribution is 0.0951. The lowest BCUT2D eigenvalue weighted by Gasteiger charge is -2.11. The molecular formula is C24H21N5O3. The summed E-state index contributed by atoms with van der Waals surface area (Å²) < 4.78 is 2.56. The van der Waals surface area contributed by atoms with Crippen molar-refractivity contribution >= 4 is 22.9 Å². The molecular weight excluding hydrogens is 406 g/mol. The average Bonchev–Trinajstić information content (AvgIpc) is 2.84. The van der Waals surface area contributed by atoms with Crippen LogP contribution in [0.3, 0.4) is 0 Å². The molecule has 0 aliphatic heterocycles. The molecule has 8 heteroatoms. The van der Waals surface area contributed by atoms with Gasteiger partial charge < -0.3 is 5.32 Å². The first-order chi connectivity index (χ1) is 15.5. The van der Waals surface area contributed by atoms with Crippen molar-refractivity contribution in [2.75, 3.05) is 0 Å². The van der Waals surface area contributed by atoms with Crippen LogP contribution >= 0.6 is 0 Å². The summed E-state index contributed by atoms with van der Waals surface area (Å²) in [5.41, 5.74) is 1.79. The second-order valence-electron chi connectivity index (χ2n) is 7.21. The van der Waals surface area contributed by atoms with E-state index in [0.717, 1.165) is 15.7 Å². The Morgan fingerprint density at radius 1 is 1.00 bits per heavy atom. The largest absolute Gasteiger partial charge is 0.348 e. The molecule has 3 heterocycles. The monoisotopic (exact) mass is 427 g/mol. The highest BCUT2D eigenvalue weighted by atomic mass is 16.2. The Labute approximate surface area is 183 Å². The van der Waals surface area contributed by atoms with Crippen molar-refractivity contribution in [3.05, 3.63) is 111 Å². The molecule has 1 amide bonds. The molecule has 0 saturated heterocycles. The van der Waals surface area contributed by atoms with E-state index >= 15 is 0 Å². The molecule has 0 saturated carbocycles. The van der Waals surface area contributed by atoms with E-state index in [4.69, 9.17) is 0 Å². The van der Waals surface area contributed by atoms with Gasteiger partial charge in [0.25, 0.3) is 11.5 Å². The number of fused-ring (bicyclic) bond motifs is 1. The molecule has 1 aromatic carbocycles. The van der Waals surface area contributed by atoms with Gasteiger partial charge in [0.2, 0.25) is 0 Å². The topological polar surface area (TPSA) is 98.9 Å². The molecule has 0 bridgehead atoms. The van der Waals surface area contributed by atoms with Gasteiger partial charge in [-0.2, -0.15) is 0 Å². The Morgan fingerprint density at radius 3 is 2.41 bits per heavy atom. The predicted molar refractivity (Wildman–Crippen MR) is 122 cm³/mol. The smallest absolute Gasteiger partial charge is 0.331 e. The fraction of sp³-hybridized carbons (Fsp3) is 0.125. The number of aromatic nitrogens is 4. The number of benzene rings is 1. The fourth-order valence-corrected chi connectivity index (χ4v) is 3.37. The molecule has 0 aliphatic rings. The van der Waals surface area contributed by atoms with Crippen molar-refractivity contribution in [1.82, 2.24) is 24.4 Å². The number of allylic oxidation sites excluding steroid dienone is 1. The Bertz CT molecular complexity index is 1410. The summed E-state index contributed by atoms with van der Waals surface area (Å²) in [6.45, 7) is 0.457. The van der Waals surface area contributed by atoms with Crippen LogP contribution < -0.4 is 16.6 Å². The molecule has 4 rings (SSSR count). The number of nitrogens with one attached hydrogen (secondary N) is 1. The number of pyridine rings is 2. The minimum atomic E-state index is -0.439. The van der Waals surface area contributed by atoms with Crippen molar-refractivity contribution in [1.29, 1.82) is 0 Å². The third-order valence-electron chi connectivity index (χ3n) is 5.12. The second-order valence-corrected chi connectivity index (χ2v) is 7.21. The third kappa shape index (κ3) is 4.39. The van der Waals surface area contributed by atoms with Crippen LogP contribution in [0.5, 0.6) is 0 Å². The van der Waals surface area contributed by atoms with E-state index in [1.165, 1.54) is 10.6 Å². The Balaban J connectivity index is 1.63. The zero-order chi connectivity index (χ0) is 22.5. The Morgan fingerprint density at radius 2 is 1.69 bits per heavy atom. The molecule has 160 valence electrons. The fourth-order valence-electron chi connectivity index (χ4n) is 3.37. The van der Waals surface area contributed by atoms with E-state index < -0.39 is 11.2 Å². The van der Waals surface area contributed by atoms with Crippen molar-refractivity contribution in [3.63, 3.8) is 0 Å². The van der Waals surface area contributed by atoms with Gasteiger partial charge in [0, 0.05) is 50.5 Å². The molecule has 0 atom stereocenters. The molecule has 0 radical (unpaired) electrons. The van der Waals surface area contributed by atoms with E-state index in [0.29, 0.717) is 23.0 Å². The van der Waals surface area contributed by atoms with Gasteiger partial charge in [0.15, 0.2) is 0 Å². The minimum absolute atomic E-state index is 0.113. The molecule has 0 spiro atoms. The number of amides is 1. The summed E-state index contributed by atoms with van der Waals surface area (Å²) >= 11 is 0. The van der Waals surface area contributed by atoms with Crippen molar-refractivity contribution in [3.8, 4) is 0 Å². The van der Waals surface area contributed by atoms with Gasteiger partial charge in [-0.3, -0.25) is 28.7 Å². The molecule has 32 heavy (non-hydrogen) atoms. The summed E-state index contributed by atoms with van der Waals surface area (Å²) in [4.78, 5) is 46.3. The lowest BCUT2D eigenvalue weighted by Crippen LogP contribution is -2.38. The van der Waals surface area contributed by atoms with Crippen LogP contribution in [-0.4, -0.2) is 25.0 Å². The molecule has 0 aliphatic carbocycles. The van der Waals surface area contributed by atoms with Gasteiger partial charge in [-0.15, -0.1) is 0 Å². The molecule has 4 aromatic rings. The molecule has 3 aromatic heterocycles.